The average molecular weight is 638 g/mol. The molecule has 0 spiro atoms. The molecule has 0 aliphatic heterocycles. The molecule has 0 bridgehead atoms. The van der Waals surface area contributed by atoms with E-state index in [1.807, 2.05) is 12.1 Å². The van der Waals surface area contributed by atoms with Gasteiger partial charge in [-0.3, -0.25) is 0 Å². The molecule has 0 unspecified atom stereocenters. The van der Waals surface area contributed by atoms with Gasteiger partial charge < -0.3 is 9.32 Å². The molecule has 0 N–H and O–H groups in total. The van der Waals surface area contributed by atoms with Crippen molar-refractivity contribution in [1.29, 1.82) is 0 Å². The maximum Gasteiger partial charge on any atom is 0.136 e. The maximum absolute atomic E-state index is 6.21. The molecular weight excluding hydrogens is 607 g/mol. The van der Waals surface area contributed by atoms with Gasteiger partial charge in [-0.2, -0.15) is 0 Å². The van der Waals surface area contributed by atoms with E-state index in [0.717, 1.165) is 44.6 Å². The highest BCUT2D eigenvalue weighted by Crippen LogP contribution is 2.41. The van der Waals surface area contributed by atoms with Crippen LogP contribution >= 0.6 is 0 Å². The van der Waals surface area contributed by atoms with E-state index in [0.29, 0.717) is 0 Å². The highest BCUT2D eigenvalue weighted by Gasteiger charge is 2.17. The van der Waals surface area contributed by atoms with Crippen LogP contribution in [0.4, 0.5) is 17.1 Å². The number of fused-ring (bicyclic) bond motifs is 8. The van der Waals surface area contributed by atoms with Gasteiger partial charge in [-0.15, -0.1) is 0 Å². The third kappa shape index (κ3) is 4.65. The fraction of sp³-hybridized carbons (Fsp3) is 0. The van der Waals surface area contributed by atoms with Crippen molar-refractivity contribution in [2.75, 3.05) is 4.90 Å². The van der Waals surface area contributed by atoms with Gasteiger partial charge in [0.25, 0.3) is 0 Å². The summed E-state index contributed by atoms with van der Waals surface area (Å²) >= 11 is 0. The molecule has 10 aromatic rings. The lowest BCUT2D eigenvalue weighted by Crippen LogP contribution is -2.09. The normalized spacial score (nSPS) is 11.6. The molecule has 0 radical (unpaired) electrons. The minimum absolute atomic E-state index is 0.907. The average Bonchev–Trinajstić information content (AvgIpc) is 3.58. The number of furan rings is 1. The Morgan fingerprint density at radius 2 is 0.900 bits per heavy atom. The van der Waals surface area contributed by atoms with Gasteiger partial charge in [0.15, 0.2) is 0 Å². The molecule has 2 nitrogen and oxygen atoms in total. The van der Waals surface area contributed by atoms with Crippen molar-refractivity contribution in [1.82, 2.24) is 0 Å². The van der Waals surface area contributed by atoms with Crippen LogP contribution in [0, 0.1) is 0 Å². The third-order valence-electron chi connectivity index (χ3n) is 10.0. The predicted molar refractivity (Wildman–Crippen MR) is 212 cm³/mol. The van der Waals surface area contributed by atoms with Crippen molar-refractivity contribution in [2.24, 2.45) is 0 Å². The quantitative estimate of drug-likeness (QED) is 0.175. The molecule has 50 heavy (non-hydrogen) atoms. The van der Waals surface area contributed by atoms with Crippen LogP contribution < -0.4 is 4.90 Å². The summed E-state index contributed by atoms with van der Waals surface area (Å²) in [7, 11) is 0. The molecule has 10 rings (SSSR count). The molecule has 234 valence electrons. The van der Waals surface area contributed by atoms with Crippen molar-refractivity contribution in [3.8, 4) is 22.3 Å². The van der Waals surface area contributed by atoms with Crippen LogP contribution in [0.15, 0.2) is 192 Å². The van der Waals surface area contributed by atoms with Gasteiger partial charge in [-0.1, -0.05) is 140 Å². The predicted octanol–water partition coefficient (Wildman–Crippen LogP) is 13.8. The van der Waals surface area contributed by atoms with Crippen LogP contribution in [0.5, 0.6) is 0 Å². The van der Waals surface area contributed by atoms with E-state index in [2.05, 4.69) is 181 Å². The molecule has 1 heterocycles. The van der Waals surface area contributed by atoms with Gasteiger partial charge in [-0.25, -0.2) is 0 Å². The SMILES string of the molecule is c1ccc(-c2ccc(N(c3ccc(-c4cccc5oc6ccccc6c45)cc3)c3ccc4c(ccc5ccc6ccccc6c54)c3)cc2)cc1. The van der Waals surface area contributed by atoms with Gasteiger partial charge >= 0.3 is 0 Å². The van der Waals surface area contributed by atoms with Crippen LogP contribution in [-0.4, -0.2) is 0 Å². The zero-order chi connectivity index (χ0) is 33.0. The Morgan fingerprint density at radius 1 is 0.320 bits per heavy atom. The maximum atomic E-state index is 6.21. The number of benzene rings is 9. The fourth-order valence-electron chi connectivity index (χ4n) is 7.65. The van der Waals surface area contributed by atoms with Crippen LogP contribution in [-0.2, 0) is 0 Å². The Morgan fingerprint density at radius 3 is 1.70 bits per heavy atom. The Hall–Kier alpha value is -6.64. The Labute approximate surface area is 290 Å². The third-order valence-corrected chi connectivity index (χ3v) is 10.0. The minimum atomic E-state index is 0.907. The van der Waals surface area contributed by atoms with E-state index in [9.17, 15) is 0 Å². The molecule has 0 aliphatic rings. The Balaban J connectivity index is 1.12. The number of anilines is 3. The van der Waals surface area contributed by atoms with Gasteiger partial charge in [0.2, 0.25) is 0 Å². The number of nitrogens with zero attached hydrogens (tertiary/aromatic N) is 1. The Kier molecular flexibility index (Phi) is 6.53. The molecule has 9 aromatic carbocycles. The lowest BCUT2D eigenvalue weighted by molar-refractivity contribution is 0.669. The van der Waals surface area contributed by atoms with Gasteiger partial charge in [0, 0.05) is 27.8 Å². The van der Waals surface area contributed by atoms with Crippen LogP contribution in [0.25, 0.3) is 76.5 Å². The van der Waals surface area contributed by atoms with E-state index < -0.39 is 0 Å². The summed E-state index contributed by atoms with van der Waals surface area (Å²) in [5.74, 6) is 0. The summed E-state index contributed by atoms with van der Waals surface area (Å²) < 4.78 is 6.21. The fourth-order valence-corrected chi connectivity index (χ4v) is 7.65. The summed E-state index contributed by atoms with van der Waals surface area (Å²) in [6, 6.07) is 67.5. The first-order valence-corrected chi connectivity index (χ1v) is 17.1. The zero-order valence-corrected chi connectivity index (χ0v) is 27.3. The molecule has 0 saturated heterocycles. The summed E-state index contributed by atoms with van der Waals surface area (Å²) in [5.41, 5.74) is 9.85. The topological polar surface area (TPSA) is 16.4 Å². The second-order valence-corrected chi connectivity index (χ2v) is 12.9. The molecule has 0 amide bonds. The first kappa shape index (κ1) is 28.4. The standard InChI is InChI=1S/C48H31NO/c1-2-9-32(10-3-1)33-21-25-38(26-22-33)49(40-29-30-43-37(31-40)20-19-36-18-17-34-11-4-5-12-41(34)47(36)43)39-27-23-35(24-28-39)42-14-8-16-46-48(42)44-13-6-7-15-45(44)50-46/h1-31H. The number of hydrogen-bond acceptors (Lipinski definition) is 2. The smallest absolute Gasteiger partial charge is 0.136 e. The summed E-state index contributed by atoms with van der Waals surface area (Å²) in [4.78, 5) is 2.36. The molecule has 0 saturated carbocycles. The zero-order valence-electron chi connectivity index (χ0n) is 27.3. The largest absolute Gasteiger partial charge is 0.456 e. The van der Waals surface area contributed by atoms with E-state index in [-0.39, 0.29) is 0 Å². The number of hydrogen-bond donors (Lipinski definition) is 0. The molecule has 0 aliphatic carbocycles. The van der Waals surface area contributed by atoms with Gasteiger partial charge in [-0.05, 0) is 103 Å². The van der Waals surface area contributed by atoms with Gasteiger partial charge in [0.1, 0.15) is 11.2 Å². The highest BCUT2D eigenvalue weighted by molar-refractivity contribution is 6.20. The minimum Gasteiger partial charge on any atom is -0.456 e. The number of rotatable bonds is 5. The molecular formula is C48H31NO. The molecule has 0 atom stereocenters. The van der Waals surface area contributed by atoms with E-state index in [4.69, 9.17) is 4.42 Å². The monoisotopic (exact) mass is 637 g/mol. The van der Waals surface area contributed by atoms with Crippen molar-refractivity contribution in [3.63, 3.8) is 0 Å². The van der Waals surface area contributed by atoms with Crippen molar-refractivity contribution in [3.05, 3.63) is 188 Å². The molecule has 2 heteroatoms. The van der Waals surface area contributed by atoms with Crippen LogP contribution in [0.1, 0.15) is 0 Å². The Bertz CT molecular complexity index is 2850. The van der Waals surface area contributed by atoms with Crippen molar-refractivity contribution < 1.29 is 4.42 Å². The van der Waals surface area contributed by atoms with Crippen molar-refractivity contribution >= 4 is 71.3 Å². The molecule has 1 aromatic heterocycles. The summed E-state index contributed by atoms with van der Waals surface area (Å²) in [6.07, 6.45) is 0. The lowest BCUT2D eigenvalue weighted by atomic mass is 9.96. The first-order valence-electron chi connectivity index (χ1n) is 17.1. The second-order valence-electron chi connectivity index (χ2n) is 12.9. The lowest BCUT2D eigenvalue weighted by Gasteiger charge is -2.26. The highest BCUT2D eigenvalue weighted by atomic mass is 16.3. The summed E-state index contributed by atoms with van der Waals surface area (Å²) in [5, 5.41) is 9.87. The first-order chi connectivity index (χ1) is 24.8. The van der Waals surface area contributed by atoms with E-state index in [1.54, 1.807) is 0 Å². The molecule has 0 fully saturated rings. The van der Waals surface area contributed by atoms with Crippen LogP contribution in [0.2, 0.25) is 0 Å². The van der Waals surface area contributed by atoms with E-state index in [1.165, 1.54) is 49.0 Å². The van der Waals surface area contributed by atoms with E-state index >= 15 is 0 Å². The van der Waals surface area contributed by atoms with Gasteiger partial charge in [0.05, 0.1) is 0 Å². The second kappa shape index (κ2) is 11.5. The summed E-state index contributed by atoms with van der Waals surface area (Å²) in [6.45, 7) is 0. The van der Waals surface area contributed by atoms with Crippen LogP contribution in [0.3, 0.4) is 0 Å². The van der Waals surface area contributed by atoms with Crippen molar-refractivity contribution in [2.45, 2.75) is 0 Å². The number of para-hydroxylation sites is 1.